The van der Waals surface area contributed by atoms with Gasteiger partial charge in [-0.2, -0.15) is 0 Å². The standard InChI is InChI=1S/C11H16BrN3O/c12-7-10-13-14-11(15(10)9-1-2-9)8-3-5-16-6-4-8/h8-9H,1-7H2. The number of ether oxygens (including phenoxy) is 1. The molecule has 0 radical (unpaired) electrons. The highest BCUT2D eigenvalue weighted by Gasteiger charge is 2.32. The van der Waals surface area contributed by atoms with Crippen LogP contribution in [0.15, 0.2) is 0 Å². The molecule has 1 aromatic rings. The molecule has 0 unspecified atom stereocenters. The Hall–Kier alpha value is -0.420. The summed E-state index contributed by atoms with van der Waals surface area (Å²) in [6, 6.07) is 0.667. The van der Waals surface area contributed by atoms with Gasteiger partial charge in [-0.1, -0.05) is 15.9 Å². The predicted octanol–water partition coefficient (Wildman–Crippen LogP) is 2.40. The Bertz CT molecular complexity index is 369. The van der Waals surface area contributed by atoms with Crippen molar-refractivity contribution >= 4 is 15.9 Å². The highest BCUT2D eigenvalue weighted by Crippen LogP contribution is 2.39. The fraction of sp³-hybridized carbons (Fsp3) is 0.818. The number of aromatic nitrogens is 3. The third-order valence-corrected chi connectivity index (χ3v) is 3.91. The molecule has 1 saturated carbocycles. The molecule has 0 atom stereocenters. The van der Waals surface area contributed by atoms with Gasteiger partial charge in [-0.3, -0.25) is 0 Å². The molecule has 2 fully saturated rings. The molecule has 0 N–H and O–H groups in total. The summed E-state index contributed by atoms with van der Waals surface area (Å²) in [5.74, 6) is 2.83. The summed E-state index contributed by atoms with van der Waals surface area (Å²) in [4.78, 5) is 0. The molecular weight excluding hydrogens is 270 g/mol. The molecule has 5 heteroatoms. The van der Waals surface area contributed by atoms with Crippen LogP contribution in [0.3, 0.4) is 0 Å². The molecule has 0 amide bonds. The minimum absolute atomic E-state index is 0.551. The average Bonchev–Trinajstić information content (AvgIpc) is 3.09. The van der Waals surface area contributed by atoms with Crippen molar-refractivity contribution in [3.8, 4) is 0 Å². The van der Waals surface area contributed by atoms with E-state index in [9.17, 15) is 0 Å². The van der Waals surface area contributed by atoms with E-state index in [1.54, 1.807) is 0 Å². The van der Waals surface area contributed by atoms with E-state index < -0.39 is 0 Å². The lowest BCUT2D eigenvalue weighted by atomic mass is 9.99. The van der Waals surface area contributed by atoms with E-state index in [-0.39, 0.29) is 0 Å². The maximum absolute atomic E-state index is 5.40. The van der Waals surface area contributed by atoms with Crippen LogP contribution in [-0.2, 0) is 10.1 Å². The van der Waals surface area contributed by atoms with Crippen LogP contribution in [0.1, 0.15) is 49.3 Å². The second-order valence-corrected chi connectivity index (χ2v) is 5.16. The third kappa shape index (κ3) is 1.91. The second-order valence-electron chi connectivity index (χ2n) is 4.60. The van der Waals surface area contributed by atoms with Crippen LogP contribution in [0, 0.1) is 0 Å². The fourth-order valence-corrected chi connectivity index (χ4v) is 2.78. The highest BCUT2D eigenvalue weighted by molar-refractivity contribution is 9.08. The third-order valence-electron chi connectivity index (χ3n) is 3.41. The van der Waals surface area contributed by atoms with Crippen molar-refractivity contribution in [2.75, 3.05) is 13.2 Å². The first-order valence-corrected chi connectivity index (χ1v) is 7.09. The fourth-order valence-electron chi connectivity index (χ4n) is 2.39. The molecule has 1 saturated heterocycles. The van der Waals surface area contributed by atoms with Crippen LogP contribution >= 0.6 is 15.9 Å². The zero-order valence-electron chi connectivity index (χ0n) is 9.23. The van der Waals surface area contributed by atoms with Gasteiger partial charge >= 0.3 is 0 Å². The van der Waals surface area contributed by atoms with Crippen molar-refractivity contribution in [2.24, 2.45) is 0 Å². The molecule has 2 heterocycles. The predicted molar refractivity (Wildman–Crippen MR) is 63.7 cm³/mol. The van der Waals surface area contributed by atoms with Gasteiger partial charge in [0.05, 0.1) is 5.33 Å². The largest absolute Gasteiger partial charge is 0.381 e. The molecule has 3 rings (SSSR count). The SMILES string of the molecule is BrCc1nnc(C2CCOCC2)n1C1CC1. The second kappa shape index (κ2) is 4.45. The topological polar surface area (TPSA) is 39.9 Å². The zero-order valence-corrected chi connectivity index (χ0v) is 10.8. The first-order chi connectivity index (χ1) is 7.90. The molecule has 0 spiro atoms. The van der Waals surface area contributed by atoms with E-state index in [1.807, 2.05) is 0 Å². The van der Waals surface area contributed by atoms with Gasteiger partial charge in [-0.25, -0.2) is 0 Å². The van der Waals surface area contributed by atoms with Gasteiger partial charge in [-0.15, -0.1) is 10.2 Å². The molecule has 1 aliphatic heterocycles. The summed E-state index contributed by atoms with van der Waals surface area (Å²) in [6.45, 7) is 1.73. The number of rotatable bonds is 3. The molecule has 1 aliphatic carbocycles. The lowest BCUT2D eigenvalue weighted by Crippen LogP contribution is -2.18. The summed E-state index contributed by atoms with van der Waals surface area (Å²) in [5.41, 5.74) is 0. The van der Waals surface area contributed by atoms with Crippen LogP contribution in [0.2, 0.25) is 0 Å². The summed E-state index contributed by atoms with van der Waals surface area (Å²) < 4.78 is 7.77. The summed E-state index contributed by atoms with van der Waals surface area (Å²) >= 11 is 3.49. The van der Waals surface area contributed by atoms with Crippen molar-refractivity contribution in [1.29, 1.82) is 0 Å². The van der Waals surface area contributed by atoms with E-state index in [4.69, 9.17) is 4.74 Å². The Kier molecular flexibility index (Phi) is 2.98. The molecule has 16 heavy (non-hydrogen) atoms. The Balaban J connectivity index is 1.89. The van der Waals surface area contributed by atoms with Crippen molar-refractivity contribution in [3.63, 3.8) is 0 Å². The number of alkyl halides is 1. The Labute approximate surface area is 104 Å². The normalized spacial score (nSPS) is 22.6. The minimum atomic E-state index is 0.551. The maximum Gasteiger partial charge on any atom is 0.143 e. The van der Waals surface area contributed by atoms with Gasteiger partial charge in [0.2, 0.25) is 0 Å². The van der Waals surface area contributed by atoms with Crippen LogP contribution in [0.4, 0.5) is 0 Å². The molecule has 2 aliphatic rings. The smallest absolute Gasteiger partial charge is 0.143 e. The summed E-state index contributed by atoms with van der Waals surface area (Å²) in [7, 11) is 0. The van der Waals surface area contributed by atoms with Crippen LogP contribution in [-0.4, -0.2) is 28.0 Å². The van der Waals surface area contributed by atoms with Crippen LogP contribution < -0.4 is 0 Å². The number of hydrogen-bond donors (Lipinski definition) is 0. The average molecular weight is 286 g/mol. The lowest BCUT2D eigenvalue weighted by Gasteiger charge is -2.22. The number of halogens is 1. The van der Waals surface area contributed by atoms with Crippen molar-refractivity contribution in [2.45, 2.75) is 43.0 Å². The minimum Gasteiger partial charge on any atom is -0.381 e. The maximum atomic E-state index is 5.40. The van der Waals surface area contributed by atoms with Crippen LogP contribution in [0.5, 0.6) is 0 Å². The van der Waals surface area contributed by atoms with Crippen molar-refractivity contribution < 1.29 is 4.74 Å². The highest BCUT2D eigenvalue weighted by atomic mass is 79.9. The van der Waals surface area contributed by atoms with Gasteiger partial charge in [-0.05, 0) is 25.7 Å². The first kappa shape index (κ1) is 10.7. The van der Waals surface area contributed by atoms with E-state index in [1.165, 1.54) is 18.7 Å². The van der Waals surface area contributed by atoms with E-state index in [0.717, 1.165) is 37.2 Å². The van der Waals surface area contributed by atoms with Gasteiger partial charge in [0, 0.05) is 25.2 Å². The summed E-state index contributed by atoms with van der Waals surface area (Å²) in [5, 5.41) is 9.50. The molecule has 0 bridgehead atoms. The molecule has 0 aromatic carbocycles. The Morgan fingerprint density at radius 1 is 1.19 bits per heavy atom. The number of hydrogen-bond acceptors (Lipinski definition) is 3. The lowest BCUT2D eigenvalue weighted by molar-refractivity contribution is 0.0827. The zero-order chi connectivity index (χ0) is 11.0. The quantitative estimate of drug-likeness (QED) is 0.801. The molecular formula is C11H16BrN3O. The van der Waals surface area contributed by atoms with Crippen LogP contribution in [0.25, 0.3) is 0 Å². The Morgan fingerprint density at radius 2 is 1.94 bits per heavy atom. The van der Waals surface area contributed by atoms with Gasteiger partial charge < -0.3 is 9.30 Å². The van der Waals surface area contributed by atoms with Crippen molar-refractivity contribution in [1.82, 2.24) is 14.8 Å². The molecule has 88 valence electrons. The Morgan fingerprint density at radius 3 is 2.56 bits per heavy atom. The van der Waals surface area contributed by atoms with Crippen molar-refractivity contribution in [3.05, 3.63) is 11.6 Å². The molecule has 1 aromatic heterocycles. The molecule has 4 nitrogen and oxygen atoms in total. The van der Waals surface area contributed by atoms with E-state index in [2.05, 4.69) is 30.7 Å². The van der Waals surface area contributed by atoms with E-state index in [0.29, 0.717) is 12.0 Å². The number of nitrogens with zero attached hydrogens (tertiary/aromatic N) is 3. The van der Waals surface area contributed by atoms with Gasteiger partial charge in [0.1, 0.15) is 11.6 Å². The monoisotopic (exact) mass is 285 g/mol. The van der Waals surface area contributed by atoms with E-state index >= 15 is 0 Å². The van der Waals surface area contributed by atoms with Gasteiger partial charge in [0.25, 0.3) is 0 Å². The summed E-state index contributed by atoms with van der Waals surface area (Å²) in [6.07, 6.45) is 4.75. The van der Waals surface area contributed by atoms with Gasteiger partial charge in [0.15, 0.2) is 0 Å². The first-order valence-electron chi connectivity index (χ1n) is 5.97.